The van der Waals surface area contributed by atoms with Crippen LogP contribution in [0.5, 0.6) is 0 Å². The molecule has 1 aromatic carbocycles. The summed E-state index contributed by atoms with van der Waals surface area (Å²) in [6.45, 7) is 8.99. The molecular weight excluding hydrogens is 224 g/mol. The summed E-state index contributed by atoms with van der Waals surface area (Å²) in [7, 11) is -1.13. The fraction of sp³-hybridized carbons (Fsp3) is 0.467. The number of rotatable bonds is 5. The fourth-order valence-corrected chi connectivity index (χ4v) is 2.59. The molecule has 0 saturated heterocycles. The number of aliphatic hydroxyl groups excluding tert-OH is 1. The summed E-state index contributed by atoms with van der Waals surface area (Å²) >= 11 is 0. The highest BCUT2D eigenvalue weighted by Gasteiger charge is 2.15. The van der Waals surface area contributed by atoms with Crippen molar-refractivity contribution < 1.29 is 5.11 Å². The summed E-state index contributed by atoms with van der Waals surface area (Å²) in [5, 5.41) is 10.1. The Kier molecular flexibility index (Phi) is 5.16. The molecule has 0 amide bonds. The molecule has 0 heterocycles. The zero-order valence-electron chi connectivity index (χ0n) is 11.4. The first-order chi connectivity index (χ1) is 7.90. The summed E-state index contributed by atoms with van der Waals surface area (Å²) in [4.78, 5) is 0. The van der Waals surface area contributed by atoms with Gasteiger partial charge in [-0.05, 0) is 12.0 Å². The van der Waals surface area contributed by atoms with Crippen molar-refractivity contribution in [2.75, 3.05) is 0 Å². The van der Waals surface area contributed by atoms with E-state index in [0.717, 1.165) is 6.42 Å². The summed E-state index contributed by atoms with van der Waals surface area (Å²) in [5.74, 6) is 0.197. The molecule has 2 heteroatoms. The van der Waals surface area contributed by atoms with Crippen molar-refractivity contribution in [1.29, 1.82) is 0 Å². The van der Waals surface area contributed by atoms with Crippen molar-refractivity contribution >= 4 is 8.07 Å². The maximum Gasteiger partial charge on any atom is 0.0682 e. The van der Waals surface area contributed by atoms with Crippen LogP contribution in [0.2, 0.25) is 19.6 Å². The van der Waals surface area contributed by atoms with E-state index in [0.29, 0.717) is 0 Å². The largest absolute Gasteiger partial charge is 0.392 e. The molecule has 17 heavy (non-hydrogen) atoms. The first-order valence-corrected chi connectivity index (χ1v) is 9.88. The van der Waals surface area contributed by atoms with Crippen LogP contribution in [-0.2, 0) is 0 Å². The molecule has 0 aliphatic rings. The third-order valence-corrected chi connectivity index (χ3v) is 4.13. The Balaban J connectivity index is 2.54. The standard InChI is InChI=1S/C15H24OSi/c1-13(14-9-6-5-7-10-14)15(16)11-8-12-17(2,3)4/h5-10,12-13,15-16H,11H2,1-4H3/b12-8+. The number of aliphatic hydroxyl groups is 1. The van der Waals surface area contributed by atoms with Gasteiger partial charge >= 0.3 is 0 Å². The number of hydrogen-bond acceptors (Lipinski definition) is 1. The topological polar surface area (TPSA) is 20.2 Å². The van der Waals surface area contributed by atoms with Gasteiger partial charge in [0.1, 0.15) is 0 Å². The average molecular weight is 248 g/mol. The van der Waals surface area contributed by atoms with Gasteiger partial charge < -0.3 is 5.11 Å². The van der Waals surface area contributed by atoms with Gasteiger partial charge in [-0.3, -0.25) is 0 Å². The molecule has 0 aliphatic heterocycles. The van der Waals surface area contributed by atoms with Crippen molar-refractivity contribution in [2.45, 2.75) is 45.0 Å². The predicted molar refractivity (Wildman–Crippen MR) is 78.0 cm³/mol. The van der Waals surface area contributed by atoms with Crippen LogP contribution in [0.15, 0.2) is 42.1 Å². The third kappa shape index (κ3) is 5.33. The van der Waals surface area contributed by atoms with Gasteiger partial charge in [0.05, 0.1) is 14.2 Å². The minimum absolute atomic E-state index is 0.197. The van der Waals surface area contributed by atoms with Gasteiger partial charge in [0, 0.05) is 5.92 Å². The fourth-order valence-electron chi connectivity index (χ4n) is 1.74. The lowest BCUT2D eigenvalue weighted by atomic mass is 9.94. The predicted octanol–water partition coefficient (Wildman–Crippen LogP) is 3.97. The van der Waals surface area contributed by atoms with E-state index in [2.05, 4.69) is 50.5 Å². The Labute approximate surface area is 106 Å². The highest BCUT2D eigenvalue weighted by atomic mass is 28.3. The van der Waals surface area contributed by atoms with Crippen molar-refractivity contribution in [1.82, 2.24) is 0 Å². The first kappa shape index (κ1) is 14.2. The van der Waals surface area contributed by atoms with Crippen LogP contribution in [0.4, 0.5) is 0 Å². The quantitative estimate of drug-likeness (QED) is 0.782. The Morgan fingerprint density at radius 1 is 1.18 bits per heavy atom. The lowest BCUT2D eigenvalue weighted by Gasteiger charge is -2.18. The van der Waals surface area contributed by atoms with E-state index in [1.807, 2.05) is 18.2 Å². The normalized spacial score (nSPS) is 16.1. The summed E-state index contributed by atoms with van der Waals surface area (Å²) in [6, 6.07) is 10.2. The molecule has 0 aromatic heterocycles. The van der Waals surface area contributed by atoms with Crippen LogP contribution in [0.1, 0.15) is 24.8 Å². The van der Waals surface area contributed by atoms with Crippen LogP contribution in [0, 0.1) is 0 Å². The smallest absolute Gasteiger partial charge is 0.0682 e. The first-order valence-electron chi connectivity index (χ1n) is 6.31. The Morgan fingerprint density at radius 3 is 2.29 bits per heavy atom. The monoisotopic (exact) mass is 248 g/mol. The summed E-state index contributed by atoms with van der Waals surface area (Å²) < 4.78 is 0. The summed E-state index contributed by atoms with van der Waals surface area (Å²) in [6.07, 6.45) is 2.61. The highest BCUT2D eigenvalue weighted by molar-refractivity contribution is 6.80. The average Bonchev–Trinajstić information content (AvgIpc) is 2.27. The van der Waals surface area contributed by atoms with Gasteiger partial charge in [0.15, 0.2) is 0 Å². The molecule has 0 saturated carbocycles. The molecule has 2 atom stereocenters. The highest BCUT2D eigenvalue weighted by Crippen LogP contribution is 2.21. The maximum absolute atomic E-state index is 10.1. The molecule has 94 valence electrons. The molecule has 0 spiro atoms. The Hall–Kier alpha value is -0.863. The van der Waals surface area contributed by atoms with E-state index in [-0.39, 0.29) is 12.0 Å². The Morgan fingerprint density at radius 2 is 1.76 bits per heavy atom. The van der Waals surface area contributed by atoms with Crippen LogP contribution >= 0.6 is 0 Å². The molecule has 0 fully saturated rings. The van der Waals surface area contributed by atoms with Gasteiger partial charge in [0.25, 0.3) is 0 Å². The van der Waals surface area contributed by atoms with E-state index >= 15 is 0 Å². The van der Waals surface area contributed by atoms with Crippen LogP contribution in [-0.4, -0.2) is 19.3 Å². The summed E-state index contributed by atoms with van der Waals surface area (Å²) in [5.41, 5.74) is 3.51. The number of benzene rings is 1. The van der Waals surface area contributed by atoms with E-state index in [1.165, 1.54) is 5.56 Å². The van der Waals surface area contributed by atoms with E-state index in [4.69, 9.17) is 0 Å². The number of hydrogen-bond donors (Lipinski definition) is 1. The molecule has 2 unspecified atom stereocenters. The lowest BCUT2D eigenvalue weighted by molar-refractivity contribution is 0.152. The zero-order valence-corrected chi connectivity index (χ0v) is 12.4. The van der Waals surface area contributed by atoms with Crippen molar-refractivity contribution in [2.24, 2.45) is 0 Å². The second-order valence-electron chi connectivity index (χ2n) is 5.77. The van der Waals surface area contributed by atoms with Gasteiger partial charge in [0.2, 0.25) is 0 Å². The molecule has 1 N–H and O–H groups in total. The minimum Gasteiger partial charge on any atom is -0.392 e. The lowest BCUT2D eigenvalue weighted by Crippen LogP contribution is -2.18. The van der Waals surface area contributed by atoms with E-state index in [1.54, 1.807) is 0 Å². The minimum atomic E-state index is -1.13. The zero-order chi connectivity index (χ0) is 12.9. The molecule has 1 rings (SSSR count). The Bertz CT molecular complexity index is 351. The van der Waals surface area contributed by atoms with Gasteiger partial charge in [-0.25, -0.2) is 0 Å². The third-order valence-electron chi connectivity index (χ3n) is 2.90. The molecular formula is C15H24OSi. The molecule has 1 nitrogen and oxygen atoms in total. The molecule has 0 bridgehead atoms. The van der Waals surface area contributed by atoms with Gasteiger partial charge in [-0.1, -0.05) is 68.7 Å². The van der Waals surface area contributed by atoms with Crippen LogP contribution < -0.4 is 0 Å². The molecule has 1 aromatic rings. The molecule has 0 radical (unpaired) electrons. The van der Waals surface area contributed by atoms with Crippen molar-refractivity contribution in [3.63, 3.8) is 0 Å². The van der Waals surface area contributed by atoms with Crippen molar-refractivity contribution in [3.8, 4) is 0 Å². The van der Waals surface area contributed by atoms with Crippen LogP contribution in [0.3, 0.4) is 0 Å². The van der Waals surface area contributed by atoms with Gasteiger partial charge in [-0.2, -0.15) is 0 Å². The second-order valence-corrected chi connectivity index (χ2v) is 10.8. The van der Waals surface area contributed by atoms with E-state index in [9.17, 15) is 5.11 Å². The SMILES string of the molecule is CC(c1ccccc1)C(O)C/C=C/[Si](C)(C)C. The second kappa shape index (κ2) is 6.17. The van der Waals surface area contributed by atoms with Crippen LogP contribution in [0.25, 0.3) is 0 Å². The van der Waals surface area contributed by atoms with Gasteiger partial charge in [-0.15, -0.1) is 0 Å². The van der Waals surface area contributed by atoms with E-state index < -0.39 is 8.07 Å². The van der Waals surface area contributed by atoms with Crippen molar-refractivity contribution in [3.05, 3.63) is 47.7 Å². The molecule has 0 aliphatic carbocycles. The maximum atomic E-state index is 10.1.